The molecule has 0 aromatic heterocycles. The molecule has 5 aliphatic rings. The summed E-state index contributed by atoms with van der Waals surface area (Å²) in [5.41, 5.74) is -0.771. The number of esters is 2. The van der Waals surface area contributed by atoms with Gasteiger partial charge in [0, 0.05) is 24.5 Å². The molecular formula is C29H40O9. The molecule has 3 aliphatic heterocycles. The van der Waals surface area contributed by atoms with E-state index < -0.39 is 58.7 Å². The van der Waals surface area contributed by atoms with Gasteiger partial charge in [0.15, 0.2) is 6.10 Å². The molecule has 38 heavy (non-hydrogen) atoms. The van der Waals surface area contributed by atoms with Crippen molar-refractivity contribution in [3.8, 4) is 0 Å². The average Bonchev–Trinajstić information content (AvgIpc) is 3.65. The Hall–Kier alpha value is -2.04. The minimum absolute atomic E-state index is 0.0195. The van der Waals surface area contributed by atoms with Crippen LogP contribution >= 0.6 is 0 Å². The van der Waals surface area contributed by atoms with Gasteiger partial charge in [-0.15, -0.1) is 0 Å². The van der Waals surface area contributed by atoms with Crippen LogP contribution in [0, 0.1) is 16.7 Å². The second-order valence-corrected chi connectivity index (χ2v) is 11.9. The summed E-state index contributed by atoms with van der Waals surface area (Å²) < 4.78 is 30.4. The zero-order valence-corrected chi connectivity index (χ0v) is 22.6. The molecule has 210 valence electrons. The number of carbonyl (C=O) groups is 2. The van der Waals surface area contributed by atoms with Crippen molar-refractivity contribution in [2.24, 2.45) is 16.7 Å². The van der Waals surface area contributed by atoms with Crippen molar-refractivity contribution < 1.29 is 43.5 Å². The van der Waals surface area contributed by atoms with Gasteiger partial charge in [0.05, 0.1) is 30.3 Å². The van der Waals surface area contributed by atoms with Gasteiger partial charge in [0.1, 0.15) is 24.4 Å². The maximum Gasteiger partial charge on any atom is 0.335 e. The van der Waals surface area contributed by atoms with Gasteiger partial charge in [-0.05, 0) is 39.0 Å². The first-order valence-electron chi connectivity index (χ1n) is 13.7. The van der Waals surface area contributed by atoms with E-state index in [4.69, 9.17) is 23.7 Å². The number of aliphatic hydroxyl groups is 2. The molecule has 10 atom stereocenters. The highest BCUT2D eigenvalue weighted by Crippen LogP contribution is 2.72. The number of epoxide rings is 1. The Morgan fingerprint density at radius 3 is 2.63 bits per heavy atom. The lowest BCUT2D eigenvalue weighted by molar-refractivity contribution is -0.234. The molecule has 3 fully saturated rings. The largest absolute Gasteiger partial charge is 0.463 e. The first-order valence-corrected chi connectivity index (χ1v) is 13.7. The predicted octanol–water partition coefficient (Wildman–Crippen LogP) is 2.39. The maximum atomic E-state index is 13.1. The van der Waals surface area contributed by atoms with Gasteiger partial charge in [-0.25, -0.2) is 9.59 Å². The molecular weight excluding hydrogens is 492 g/mol. The first-order chi connectivity index (χ1) is 18.0. The summed E-state index contributed by atoms with van der Waals surface area (Å²) in [6.45, 7) is 8.27. The highest BCUT2D eigenvalue weighted by atomic mass is 16.6. The van der Waals surface area contributed by atoms with Crippen LogP contribution in [0.15, 0.2) is 36.0 Å². The quantitative estimate of drug-likeness (QED) is 0.298. The molecule has 2 spiro atoms. The third kappa shape index (κ3) is 4.36. The van der Waals surface area contributed by atoms with Crippen molar-refractivity contribution in [2.45, 2.75) is 95.6 Å². The monoisotopic (exact) mass is 532 g/mol. The van der Waals surface area contributed by atoms with Gasteiger partial charge in [-0.1, -0.05) is 43.7 Å². The number of carbonyl (C=O) groups excluding carboxylic acids is 2. The van der Waals surface area contributed by atoms with E-state index in [1.807, 2.05) is 0 Å². The fourth-order valence-corrected chi connectivity index (χ4v) is 7.04. The topological polar surface area (TPSA) is 124 Å². The molecule has 2 bridgehead atoms. The van der Waals surface area contributed by atoms with Crippen LogP contribution in [0.5, 0.6) is 0 Å². The Balaban J connectivity index is 1.51. The van der Waals surface area contributed by atoms with E-state index in [1.54, 1.807) is 32.1 Å². The van der Waals surface area contributed by atoms with E-state index in [0.29, 0.717) is 25.9 Å². The second kappa shape index (κ2) is 10.2. The molecule has 1 saturated carbocycles. The van der Waals surface area contributed by atoms with Crippen LogP contribution in [-0.2, 0) is 33.3 Å². The molecule has 2 N–H and O–H groups in total. The number of hydrogen-bond donors (Lipinski definition) is 2. The summed E-state index contributed by atoms with van der Waals surface area (Å²) in [7, 11) is 0. The Morgan fingerprint density at radius 2 is 1.92 bits per heavy atom. The number of allylic oxidation sites excluding steroid dienone is 3. The van der Waals surface area contributed by atoms with Crippen molar-refractivity contribution in [3.63, 3.8) is 0 Å². The number of aliphatic hydroxyl groups excluding tert-OH is 2. The van der Waals surface area contributed by atoms with E-state index >= 15 is 0 Å². The minimum Gasteiger partial charge on any atom is -0.463 e. The Labute approximate surface area is 223 Å². The third-order valence-corrected chi connectivity index (χ3v) is 9.73. The van der Waals surface area contributed by atoms with Gasteiger partial charge >= 0.3 is 11.9 Å². The third-order valence-electron chi connectivity index (χ3n) is 9.73. The molecule has 4 unspecified atom stereocenters. The molecule has 0 amide bonds. The predicted molar refractivity (Wildman–Crippen MR) is 136 cm³/mol. The highest BCUT2D eigenvalue weighted by Gasteiger charge is 2.83. The van der Waals surface area contributed by atoms with Crippen LogP contribution in [0.25, 0.3) is 0 Å². The number of hydrogen-bond acceptors (Lipinski definition) is 9. The van der Waals surface area contributed by atoms with Crippen LogP contribution in [0.1, 0.15) is 53.4 Å². The molecule has 3 heterocycles. The lowest BCUT2D eigenvalue weighted by Crippen LogP contribution is -2.66. The van der Waals surface area contributed by atoms with Gasteiger partial charge in [-0.2, -0.15) is 0 Å². The fraction of sp³-hybridized carbons (Fsp3) is 0.724. The number of rotatable bonds is 1. The molecule has 0 aromatic carbocycles. The molecule has 0 aromatic rings. The summed E-state index contributed by atoms with van der Waals surface area (Å²) in [5.74, 6) is -1.60. The van der Waals surface area contributed by atoms with Crippen molar-refractivity contribution in [2.75, 3.05) is 19.8 Å². The lowest BCUT2D eigenvalue weighted by Gasteiger charge is -2.58. The zero-order chi connectivity index (χ0) is 27.3. The standard InChI is InChI=1S/C29H40O9/c1-17-9-11-28-15-35-26(33)25(32)18(2)10-12-34-20(19(3)30)7-5-6-8-24(31)38-21-14-23(37-22(28)13-17)29(16-36-29)27(21,28)4/h5-8,13,18-23,25,30,32H,9-12,14-16H2,1-4H3/b7-5+,8-6-/t18-,19?,20?,21-,22?,23?,25+,27-,28-,29+/m1/s1. The van der Waals surface area contributed by atoms with Crippen molar-refractivity contribution in [1.29, 1.82) is 0 Å². The SMILES string of the molecule is CC1=CC2OC3C[C@H]4OC(=O)/C=C\C=C\C(C(C)O)OCC[C@@H](C)[C@H](O)C(=O)OC[C@@]2(CC1)[C@]4(C)[C@]31CO1. The number of ether oxygens (including phenoxy) is 5. The van der Waals surface area contributed by atoms with Crippen molar-refractivity contribution >= 4 is 11.9 Å². The normalized spacial score (nSPS) is 48.0. The van der Waals surface area contributed by atoms with Crippen molar-refractivity contribution in [1.82, 2.24) is 0 Å². The van der Waals surface area contributed by atoms with E-state index in [0.717, 1.165) is 6.42 Å². The molecule has 9 nitrogen and oxygen atoms in total. The van der Waals surface area contributed by atoms with Crippen LogP contribution in [0.2, 0.25) is 0 Å². The Kier molecular flexibility index (Phi) is 7.37. The number of cyclic esters (lactones) is 1. The molecule has 5 rings (SSSR count). The van der Waals surface area contributed by atoms with E-state index in [9.17, 15) is 19.8 Å². The maximum absolute atomic E-state index is 13.1. The summed E-state index contributed by atoms with van der Waals surface area (Å²) >= 11 is 0. The van der Waals surface area contributed by atoms with Crippen molar-refractivity contribution in [3.05, 3.63) is 36.0 Å². The molecule has 2 saturated heterocycles. The fourth-order valence-electron chi connectivity index (χ4n) is 7.04. The molecule has 9 heteroatoms. The van der Waals surface area contributed by atoms with Gasteiger partial charge in [0.2, 0.25) is 0 Å². The lowest BCUT2D eigenvalue weighted by atomic mass is 9.51. The minimum atomic E-state index is -1.33. The van der Waals surface area contributed by atoms with E-state index in [-0.39, 0.29) is 25.4 Å². The van der Waals surface area contributed by atoms with Crippen LogP contribution in [-0.4, -0.2) is 84.2 Å². The molecule has 0 radical (unpaired) electrons. The van der Waals surface area contributed by atoms with Crippen LogP contribution < -0.4 is 0 Å². The van der Waals surface area contributed by atoms with Crippen LogP contribution in [0.3, 0.4) is 0 Å². The Bertz CT molecular complexity index is 1030. The summed E-state index contributed by atoms with van der Waals surface area (Å²) in [4.78, 5) is 26.0. The second-order valence-electron chi connectivity index (χ2n) is 11.9. The first kappa shape index (κ1) is 27.5. The van der Waals surface area contributed by atoms with Crippen LogP contribution in [0.4, 0.5) is 0 Å². The smallest absolute Gasteiger partial charge is 0.335 e. The van der Waals surface area contributed by atoms with Gasteiger partial charge in [0.25, 0.3) is 0 Å². The van der Waals surface area contributed by atoms with E-state index in [1.165, 1.54) is 11.6 Å². The summed E-state index contributed by atoms with van der Waals surface area (Å²) in [5, 5.41) is 20.8. The average molecular weight is 533 g/mol. The summed E-state index contributed by atoms with van der Waals surface area (Å²) in [6, 6.07) is 0. The Morgan fingerprint density at radius 1 is 1.16 bits per heavy atom. The highest BCUT2D eigenvalue weighted by molar-refractivity contribution is 5.82. The van der Waals surface area contributed by atoms with Gasteiger partial charge < -0.3 is 33.9 Å². The van der Waals surface area contributed by atoms with Gasteiger partial charge in [-0.3, -0.25) is 0 Å². The summed E-state index contributed by atoms with van der Waals surface area (Å²) in [6.07, 6.45) is 6.89. The molecule has 2 aliphatic carbocycles. The zero-order valence-electron chi connectivity index (χ0n) is 22.6. The van der Waals surface area contributed by atoms with E-state index in [2.05, 4.69) is 19.9 Å².